The molecule has 3 N–H and O–H groups in total. The molecule has 3 atom stereocenters. The van der Waals surface area contributed by atoms with Crippen LogP contribution < -0.4 is 15.4 Å². The molecule has 1 fully saturated rings. The second-order valence-electron chi connectivity index (χ2n) is 10.6. The van der Waals surface area contributed by atoms with Crippen LogP contribution in [0.15, 0.2) is 42.5 Å². The molecule has 0 aromatic heterocycles. The van der Waals surface area contributed by atoms with Crippen LogP contribution in [0, 0.1) is 11.8 Å². The third-order valence-corrected chi connectivity index (χ3v) is 7.73. The lowest BCUT2D eigenvalue weighted by Gasteiger charge is -2.38. The Morgan fingerprint density at radius 1 is 1.26 bits per heavy atom. The molecular weight excluding hydrogens is 504 g/mol. The normalized spacial score (nSPS) is 21.3. The summed E-state index contributed by atoms with van der Waals surface area (Å²) in [6, 6.07) is 12.7. The molecule has 0 spiro atoms. The van der Waals surface area contributed by atoms with Crippen LogP contribution in [0.5, 0.6) is 5.75 Å². The summed E-state index contributed by atoms with van der Waals surface area (Å²) in [6.07, 6.45) is 1.28. The predicted octanol–water partition coefficient (Wildman–Crippen LogP) is 3.63. The van der Waals surface area contributed by atoms with Crippen molar-refractivity contribution in [3.05, 3.63) is 58.6 Å². The predicted molar refractivity (Wildman–Crippen MR) is 150 cm³/mol. The number of aliphatic hydroxyl groups is 1. The van der Waals surface area contributed by atoms with Crippen molar-refractivity contribution in [2.45, 2.75) is 45.4 Å². The summed E-state index contributed by atoms with van der Waals surface area (Å²) in [5.41, 5.74) is 2.00. The molecule has 3 unspecified atom stereocenters. The Labute approximate surface area is 230 Å². The van der Waals surface area contributed by atoms with E-state index in [-0.39, 0.29) is 42.4 Å². The van der Waals surface area contributed by atoms with Gasteiger partial charge in [-0.05, 0) is 69.7 Å². The van der Waals surface area contributed by atoms with Crippen molar-refractivity contribution in [2.75, 3.05) is 45.2 Å². The molecule has 2 aliphatic rings. The topological polar surface area (TPSA) is 94.1 Å². The van der Waals surface area contributed by atoms with Crippen molar-refractivity contribution < 1.29 is 19.4 Å². The lowest BCUT2D eigenvalue weighted by Crippen LogP contribution is -2.49. The number of aliphatic hydroxyl groups excluding tert-OH is 1. The summed E-state index contributed by atoms with van der Waals surface area (Å²) in [6.45, 7) is 7.11. The third kappa shape index (κ3) is 6.86. The Kier molecular flexibility index (Phi) is 9.65. The van der Waals surface area contributed by atoms with Crippen LogP contribution in [0.2, 0.25) is 5.02 Å². The number of piperidine rings is 1. The number of benzene rings is 2. The first-order valence-electron chi connectivity index (χ1n) is 13.4. The maximum Gasteiger partial charge on any atom is 0.258 e. The molecule has 1 saturated heterocycles. The third-order valence-electron chi connectivity index (χ3n) is 7.49. The quantitative estimate of drug-likeness (QED) is 0.471. The van der Waals surface area contributed by atoms with E-state index in [1.165, 1.54) is 0 Å². The fourth-order valence-electron chi connectivity index (χ4n) is 5.20. The number of rotatable bonds is 8. The van der Waals surface area contributed by atoms with Gasteiger partial charge in [-0.2, -0.15) is 0 Å². The maximum atomic E-state index is 13.7. The highest BCUT2D eigenvalue weighted by atomic mass is 35.5. The highest BCUT2D eigenvalue weighted by Crippen LogP contribution is 2.35. The number of anilines is 1. The summed E-state index contributed by atoms with van der Waals surface area (Å²) in [7, 11) is 2.03. The number of halogens is 1. The summed E-state index contributed by atoms with van der Waals surface area (Å²) in [5.74, 6) is 0.0119. The fraction of sp³-hybridized carbons (Fsp3) is 0.517. The monoisotopic (exact) mass is 542 g/mol. The minimum absolute atomic E-state index is 0.0314. The van der Waals surface area contributed by atoms with E-state index in [4.69, 9.17) is 16.3 Å². The number of carbonyl (C=O) groups excluding carboxylic acids is 2. The van der Waals surface area contributed by atoms with Crippen molar-refractivity contribution in [3.8, 4) is 5.75 Å². The minimum Gasteiger partial charge on any atom is -0.486 e. The van der Waals surface area contributed by atoms with Gasteiger partial charge in [-0.1, -0.05) is 36.7 Å². The number of amides is 2. The first kappa shape index (κ1) is 28.4. The zero-order valence-electron chi connectivity index (χ0n) is 22.5. The maximum absolute atomic E-state index is 13.7. The van der Waals surface area contributed by atoms with Gasteiger partial charge in [-0.3, -0.25) is 14.5 Å². The van der Waals surface area contributed by atoms with Gasteiger partial charge in [0, 0.05) is 36.5 Å². The van der Waals surface area contributed by atoms with Crippen LogP contribution in [-0.4, -0.2) is 78.7 Å². The first-order chi connectivity index (χ1) is 18.3. The largest absolute Gasteiger partial charge is 0.486 e. The number of hydrogen-bond acceptors (Lipinski definition) is 6. The zero-order valence-corrected chi connectivity index (χ0v) is 23.2. The van der Waals surface area contributed by atoms with E-state index < -0.39 is 0 Å². The number of hydrogen-bond donors (Lipinski definition) is 3. The Balaban J connectivity index is 1.63. The lowest BCUT2D eigenvalue weighted by atomic mass is 9.96. The smallest absolute Gasteiger partial charge is 0.258 e. The van der Waals surface area contributed by atoms with Gasteiger partial charge >= 0.3 is 0 Å². The van der Waals surface area contributed by atoms with E-state index in [2.05, 4.69) is 22.5 Å². The molecule has 2 aromatic carbocycles. The van der Waals surface area contributed by atoms with Crippen LogP contribution in [0.3, 0.4) is 0 Å². The number of nitrogens with one attached hydrogen (secondary N) is 2. The van der Waals surface area contributed by atoms with E-state index >= 15 is 0 Å². The van der Waals surface area contributed by atoms with Gasteiger partial charge in [0.1, 0.15) is 6.10 Å². The Hall–Kier alpha value is -2.65. The number of nitrogens with zero attached hydrogens (tertiary/aromatic N) is 2. The molecule has 0 bridgehead atoms. The van der Waals surface area contributed by atoms with E-state index in [0.717, 1.165) is 31.5 Å². The van der Waals surface area contributed by atoms with Crippen molar-refractivity contribution in [1.82, 2.24) is 15.1 Å². The molecule has 4 rings (SSSR count). The Morgan fingerprint density at radius 2 is 2.00 bits per heavy atom. The van der Waals surface area contributed by atoms with Crippen LogP contribution in [0.1, 0.15) is 42.6 Å². The number of fused-ring (bicyclic) bond motifs is 1. The van der Waals surface area contributed by atoms with Crippen molar-refractivity contribution in [1.29, 1.82) is 0 Å². The standard InChI is InChI=1S/C29H39ClN4O4/c1-19-15-34(20(2)18-35)29(37)24-8-5-9-25(32-28(36)22-10-12-31-13-11-22)27(24)38-26(19)17-33(3)16-21-6-4-7-23(30)14-21/h4-9,14,19-20,22,26,31,35H,10-13,15-18H2,1-3H3,(H,32,36). The molecule has 0 radical (unpaired) electrons. The molecule has 38 heavy (non-hydrogen) atoms. The van der Waals surface area contributed by atoms with Crippen LogP contribution in [0.25, 0.3) is 0 Å². The summed E-state index contributed by atoms with van der Waals surface area (Å²) in [5, 5.41) is 17.0. The van der Waals surface area contributed by atoms with Gasteiger partial charge in [-0.15, -0.1) is 0 Å². The van der Waals surface area contributed by atoms with Gasteiger partial charge < -0.3 is 25.4 Å². The highest BCUT2D eigenvalue weighted by molar-refractivity contribution is 6.30. The van der Waals surface area contributed by atoms with Crippen molar-refractivity contribution in [3.63, 3.8) is 0 Å². The van der Waals surface area contributed by atoms with Gasteiger partial charge in [0.15, 0.2) is 5.75 Å². The number of likely N-dealkylation sites (N-methyl/N-ethyl adjacent to an activating group) is 1. The van der Waals surface area contributed by atoms with E-state index in [9.17, 15) is 14.7 Å². The second kappa shape index (κ2) is 12.9. The Morgan fingerprint density at radius 3 is 2.71 bits per heavy atom. The van der Waals surface area contributed by atoms with E-state index in [0.29, 0.717) is 41.7 Å². The number of para-hydroxylation sites is 1. The first-order valence-corrected chi connectivity index (χ1v) is 13.8. The molecule has 0 saturated carbocycles. The average molecular weight is 543 g/mol. The van der Waals surface area contributed by atoms with E-state index in [1.807, 2.05) is 38.2 Å². The van der Waals surface area contributed by atoms with Gasteiger partial charge in [0.2, 0.25) is 5.91 Å². The summed E-state index contributed by atoms with van der Waals surface area (Å²) in [4.78, 5) is 30.7. The SMILES string of the molecule is CC1CN(C(C)CO)C(=O)c2cccc(NC(=O)C3CCNCC3)c2OC1CN(C)Cc1cccc(Cl)c1. The van der Waals surface area contributed by atoms with Gasteiger partial charge in [-0.25, -0.2) is 0 Å². The van der Waals surface area contributed by atoms with Crippen LogP contribution in [-0.2, 0) is 11.3 Å². The van der Waals surface area contributed by atoms with Gasteiger partial charge in [0.05, 0.1) is 23.9 Å². The number of carbonyl (C=O) groups is 2. The second-order valence-corrected chi connectivity index (χ2v) is 11.1. The van der Waals surface area contributed by atoms with Crippen molar-refractivity contribution in [2.24, 2.45) is 11.8 Å². The van der Waals surface area contributed by atoms with E-state index in [1.54, 1.807) is 23.1 Å². The molecule has 9 heteroatoms. The molecular formula is C29H39ClN4O4. The molecule has 206 valence electrons. The molecule has 2 heterocycles. The molecule has 2 aliphatic heterocycles. The molecule has 0 aliphatic carbocycles. The molecule has 8 nitrogen and oxygen atoms in total. The van der Waals surface area contributed by atoms with Gasteiger partial charge in [0.25, 0.3) is 5.91 Å². The highest BCUT2D eigenvalue weighted by Gasteiger charge is 2.35. The van der Waals surface area contributed by atoms with Crippen LogP contribution in [0.4, 0.5) is 5.69 Å². The lowest BCUT2D eigenvalue weighted by molar-refractivity contribution is -0.120. The minimum atomic E-state index is -0.353. The Bertz CT molecular complexity index is 1120. The molecule has 2 aromatic rings. The fourth-order valence-corrected chi connectivity index (χ4v) is 5.41. The van der Waals surface area contributed by atoms with Crippen LogP contribution >= 0.6 is 11.6 Å². The van der Waals surface area contributed by atoms with Crippen molar-refractivity contribution >= 4 is 29.1 Å². The summed E-state index contributed by atoms with van der Waals surface area (Å²) >= 11 is 6.19. The molecule has 2 amide bonds. The number of ether oxygens (including phenoxy) is 1. The average Bonchev–Trinajstić information content (AvgIpc) is 2.91. The summed E-state index contributed by atoms with van der Waals surface area (Å²) < 4.78 is 6.63. The zero-order chi connectivity index (χ0) is 27.2.